The lowest BCUT2D eigenvalue weighted by atomic mass is 10.00. The van der Waals surface area contributed by atoms with E-state index in [2.05, 4.69) is 10.6 Å². The number of unbranched alkanes of at least 4 members (excludes halogenated alkanes) is 1. The van der Waals surface area contributed by atoms with Crippen molar-refractivity contribution in [3.63, 3.8) is 0 Å². The number of hydrogen-bond acceptors (Lipinski definition) is 5. The molecular formula is C18H36N4O4. The van der Waals surface area contributed by atoms with Crippen molar-refractivity contribution in [1.29, 1.82) is 0 Å². The minimum absolute atomic E-state index is 0.146. The van der Waals surface area contributed by atoms with Gasteiger partial charge in [0.1, 0.15) is 12.1 Å². The molecule has 0 saturated carbocycles. The second-order valence-electron chi connectivity index (χ2n) is 7.61. The Morgan fingerprint density at radius 2 is 1.42 bits per heavy atom. The summed E-state index contributed by atoms with van der Waals surface area (Å²) in [4.78, 5) is 36.2. The first-order valence-corrected chi connectivity index (χ1v) is 9.37. The zero-order chi connectivity index (χ0) is 20.3. The summed E-state index contributed by atoms with van der Waals surface area (Å²) in [6, 6.07) is -2.50. The molecule has 0 aromatic carbocycles. The number of nitrogens with two attached hydrogens (primary N) is 2. The Morgan fingerprint density at radius 1 is 0.885 bits per heavy atom. The van der Waals surface area contributed by atoms with Gasteiger partial charge in [0.25, 0.3) is 0 Å². The normalized spacial score (nSPS) is 14.8. The zero-order valence-electron chi connectivity index (χ0n) is 16.5. The minimum atomic E-state index is -1.10. The van der Waals surface area contributed by atoms with E-state index in [-0.39, 0.29) is 11.8 Å². The minimum Gasteiger partial charge on any atom is -0.480 e. The molecule has 0 spiro atoms. The molecule has 0 heterocycles. The Bertz CT molecular complexity index is 454. The lowest BCUT2D eigenvalue weighted by molar-refractivity contribution is -0.142. The zero-order valence-corrected chi connectivity index (χ0v) is 16.5. The van der Waals surface area contributed by atoms with E-state index >= 15 is 0 Å². The standard InChI is InChI=1S/C18H36N4O4/c1-11(2)9-13(20)16(23)22-15(10-12(3)4)17(24)21-14(18(25)26)7-5-6-8-19/h11-15H,5-10,19-20H2,1-4H3,(H,21,24)(H,22,23)(H,25,26)/t13-,14-,15-/m0/s1. The summed E-state index contributed by atoms with van der Waals surface area (Å²) in [5.74, 6) is -1.58. The van der Waals surface area contributed by atoms with Gasteiger partial charge < -0.3 is 27.2 Å². The van der Waals surface area contributed by atoms with Crippen molar-refractivity contribution < 1.29 is 19.5 Å². The van der Waals surface area contributed by atoms with Crippen molar-refractivity contribution in [3.05, 3.63) is 0 Å². The summed E-state index contributed by atoms with van der Waals surface area (Å²) in [6.45, 7) is 8.25. The highest BCUT2D eigenvalue weighted by Gasteiger charge is 2.28. The number of rotatable bonds is 13. The Hall–Kier alpha value is -1.67. The van der Waals surface area contributed by atoms with Gasteiger partial charge in [-0.25, -0.2) is 4.79 Å². The van der Waals surface area contributed by atoms with Crippen LogP contribution in [0.4, 0.5) is 0 Å². The molecular weight excluding hydrogens is 336 g/mol. The number of carbonyl (C=O) groups is 3. The largest absolute Gasteiger partial charge is 0.480 e. The molecule has 0 rings (SSSR count). The molecule has 0 aliphatic heterocycles. The molecule has 7 N–H and O–H groups in total. The maximum Gasteiger partial charge on any atom is 0.326 e. The van der Waals surface area contributed by atoms with E-state index < -0.39 is 35.9 Å². The van der Waals surface area contributed by atoms with Crippen LogP contribution in [0.2, 0.25) is 0 Å². The molecule has 8 nitrogen and oxygen atoms in total. The summed E-state index contributed by atoms with van der Waals surface area (Å²) in [5.41, 5.74) is 11.3. The molecule has 2 amide bonds. The Morgan fingerprint density at radius 3 is 1.88 bits per heavy atom. The van der Waals surface area contributed by atoms with E-state index in [0.29, 0.717) is 38.6 Å². The van der Waals surface area contributed by atoms with E-state index in [1.165, 1.54) is 0 Å². The third kappa shape index (κ3) is 10.4. The van der Waals surface area contributed by atoms with Gasteiger partial charge in [-0.2, -0.15) is 0 Å². The van der Waals surface area contributed by atoms with Gasteiger partial charge in [-0.3, -0.25) is 9.59 Å². The molecule has 152 valence electrons. The third-order valence-corrected chi connectivity index (χ3v) is 3.96. The first-order chi connectivity index (χ1) is 12.1. The fourth-order valence-electron chi connectivity index (χ4n) is 2.62. The smallest absolute Gasteiger partial charge is 0.326 e. The summed E-state index contributed by atoms with van der Waals surface area (Å²) in [7, 11) is 0. The lowest BCUT2D eigenvalue weighted by Crippen LogP contribution is -2.55. The number of carbonyl (C=O) groups excluding carboxylic acids is 2. The number of hydrogen-bond donors (Lipinski definition) is 5. The summed E-state index contributed by atoms with van der Waals surface area (Å²) < 4.78 is 0. The maximum absolute atomic E-state index is 12.6. The monoisotopic (exact) mass is 372 g/mol. The quantitative estimate of drug-likeness (QED) is 0.299. The van der Waals surface area contributed by atoms with Gasteiger partial charge in [0.05, 0.1) is 6.04 Å². The fourth-order valence-corrected chi connectivity index (χ4v) is 2.62. The number of nitrogens with one attached hydrogen (secondary N) is 2. The molecule has 0 aromatic heterocycles. The number of amides is 2. The molecule has 0 bridgehead atoms. The average Bonchev–Trinajstić information content (AvgIpc) is 2.51. The van der Waals surface area contributed by atoms with E-state index in [1.54, 1.807) is 0 Å². The van der Waals surface area contributed by atoms with Gasteiger partial charge >= 0.3 is 5.97 Å². The highest BCUT2D eigenvalue weighted by molar-refractivity contribution is 5.91. The number of carboxylic acids is 1. The predicted octanol–water partition coefficient (Wildman–Crippen LogP) is 0.589. The summed E-state index contributed by atoms with van der Waals surface area (Å²) in [5, 5.41) is 14.5. The van der Waals surface area contributed by atoms with Crippen molar-refractivity contribution in [2.45, 2.75) is 77.9 Å². The fraction of sp³-hybridized carbons (Fsp3) is 0.833. The molecule has 0 saturated heterocycles. The molecule has 8 heteroatoms. The molecule has 0 aliphatic carbocycles. The van der Waals surface area contributed by atoms with Crippen LogP contribution in [0.15, 0.2) is 0 Å². The predicted molar refractivity (Wildman–Crippen MR) is 101 cm³/mol. The van der Waals surface area contributed by atoms with Crippen LogP contribution in [0, 0.1) is 11.8 Å². The summed E-state index contributed by atoms with van der Waals surface area (Å²) in [6.07, 6.45) is 2.51. The molecule has 0 radical (unpaired) electrons. The van der Waals surface area contributed by atoms with Crippen molar-refractivity contribution in [1.82, 2.24) is 10.6 Å². The lowest BCUT2D eigenvalue weighted by Gasteiger charge is -2.24. The Labute approximate surface area is 156 Å². The second kappa shape index (κ2) is 12.6. The first-order valence-electron chi connectivity index (χ1n) is 9.37. The molecule has 3 atom stereocenters. The van der Waals surface area contributed by atoms with Crippen LogP contribution < -0.4 is 22.1 Å². The molecule has 0 aromatic rings. The average molecular weight is 373 g/mol. The van der Waals surface area contributed by atoms with Gasteiger partial charge in [-0.15, -0.1) is 0 Å². The van der Waals surface area contributed by atoms with E-state index in [0.717, 1.165) is 0 Å². The van der Waals surface area contributed by atoms with Crippen molar-refractivity contribution >= 4 is 17.8 Å². The van der Waals surface area contributed by atoms with Crippen molar-refractivity contribution in [2.75, 3.05) is 6.54 Å². The van der Waals surface area contributed by atoms with Crippen molar-refractivity contribution in [3.8, 4) is 0 Å². The maximum atomic E-state index is 12.6. The van der Waals surface area contributed by atoms with Crippen LogP contribution >= 0.6 is 0 Å². The van der Waals surface area contributed by atoms with Crippen LogP contribution in [-0.2, 0) is 14.4 Å². The topological polar surface area (TPSA) is 148 Å². The van der Waals surface area contributed by atoms with E-state index in [1.807, 2.05) is 27.7 Å². The van der Waals surface area contributed by atoms with Gasteiger partial charge in [0.15, 0.2) is 0 Å². The molecule has 0 unspecified atom stereocenters. The van der Waals surface area contributed by atoms with Crippen LogP contribution in [0.25, 0.3) is 0 Å². The Balaban J connectivity index is 4.94. The van der Waals surface area contributed by atoms with Crippen LogP contribution in [0.1, 0.15) is 59.8 Å². The highest BCUT2D eigenvalue weighted by Crippen LogP contribution is 2.09. The second-order valence-corrected chi connectivity index (χ2v) is 7.61. The van der Waals surface area contributed by atoms with Gasteiger partial charge in [0, 0.05) is 0 Å². The molecule has 0 aliphatic rings. The van der Waals surface area contributed by atoms with Crippen LogP contribution in [-0.4, -0.2) is 47.6 Å². The van der Waals surface area contributed by atoms with Crippen LogP contribution in [0.5, 0.6) is 0 Å². The van der Waals surface area contributed by atoms with Gasteiger partial charge in [0.2, 0.25) is 11.8 Å². The third-order valence-electron chi connectivity index (χ3n) is 3.96. The summed E-state index contributed by atoms with van der Waals surface area (Å²) >= 11 is 0. The van der Waals surface area contributed by atoms with E-state index in [9.17, 15) is 19.5 Å². The van der Waals surface area contributed by atoms with Crippen LogP contribution in [0.3, 0.4) is 0 Å². The number of aliphatic carboxylic acids is 1. The highest BCUT2D eigenvalue weighted by atomic mass is 16.4. The van der Waals surface area contributed by atoms with Gasteiger partial charge in [-0.05, 0) is 50.5 Å². The first kappa shape index (κ1) is 24.3. The number of carboxylic acid groups (broad SMARTS) is 1. The Kier molecular flexibility index (Phi) is 11.8. The van der Waals surface area contributed by atoms with E-state index in [4.69, 9.17) is 11.5 Å². The SMILES string of the molecule is CC(C)C[C@H](NC(=O)[C@@H](N)CC(C)C)C(=O)N[C@@H](CCCCN)C(=O)O. The van der Waals surface area contributed by atoms with Gasteiger partial charge in [-0.1, -0.05) is 27.7 Å². The molecule has 0 fully saturated rings. The van der Waals surface area contributed by atoms with Crippen molar-refractivity contribution in [2.24, 2.45) is 23.3 Å². The molecule has 26 heavy (non-hydrogen) atoms.